The molecule has 2 heterocycles. The highest BCUT2D eigenvalue weighted by molar-refractivity contribution is 5.97. The standard InChI is InChI=1S/C15H26N2O4/c1-5-11-13(18)16-12(10(2)3)14(19)17(11)8-15(20-4)6-7-21-9-15/h10-12H,5-9H2,1-4H3,(H,16,18). The number of nitrogens with zero attached hydrogens (tertiary/aromatic N) is 1. The summed E-state index contributed by atoms with van der Waals surface area (Å²) >= 11 is 0. The lowest BCUT2D eigenvalue weighted by atomic mass is 9.94. The number of rotatable bonds is 5. The Kier molecular flexibility index (Phi) is 4.88. The maximum absolute atomic E-state index is 12.7. The topological polar surface area (TPSA) is 67.9 Å². The van der Waals surface area contributed by atoms with E-state index in [1.54, 1.807) is 12.0 Å². The molecule has 2 rings (SSSR count). The molecule has 2 saturated heterocycles. The zero-order valence-electron chi connectivity index (χ0n) is 13.3. The van der Waals surface area contributed by atoms with Crippen LogP contribution in [0.1, 0.15) is 33.6 Å². The molecule has 3 unspecified atom stereocenters. The van der Waals surface area contributed by atoms with Crippen LogP contribution in [0.3, 0.4) is 0 Å². The molecule has 3 atom stereocenters. The number of ether oxygens (including phenoxy) is 2. The molecule has 0 bridgehead atoms. The molecular formula is C15H26N2O4. The van der Waals surface area contributed by atoms with Gasteiger partial charge in [-0.15, -0.1) is 0 Å². The molecule has 0 aromatic heterocycles. The number of nitrogens with one attached hydrogen (secondary N) is 1. The summed E-state index contributed by atoms with van der Waals surface area (Å²) in [5.41, 5.74) is -0.484. The average Bonchev–Trinajstić information content (AvgIpc) is 2.91. The Morgan fingerprint density at radius 3 is 2.67 bits per heavy atom. The Balaban J connectivity index is 2.23. The van der Waals surface area contributed by atoms with Gasteiger partial charge in [-0.1, -0.05) is 20.8 Å². The van der Waals surface area contributed by atoms with Crippen molar-refractivity contribution in [3.63, 3.8) is 0 Å². The molecule has 2 amide bonds. The van der Waals surface area contributed by atoms with E-state index in [0.717, 1.165) is 6.42 Å². The first-order valence-corrected chi connectivity index (χ1v) is 7.68. The normalized spacial score (nSPS) is 33.7. The van der Waals surface area contributed by atoms with Crippen LogP contribution in [-0.4, -0.2) is 61.3 Å². The second kappa shape index (κ2) is 6.32. The van der Waals surface area contributed by atoms with Crippen LogP contribution >= 0.6 is 0 Å². The second-order valence-electron chi connectivity index (χ2n) is 6.31. The first kappa shape index (κ1) is 16.2. The van der Waals surface area contributed by atoms with Crippen molar-refractivity contribution in [2.45, 2.75) is 51.3 Å². The van der Waals surface area contributed by atoms with Crippen molar-refractivity contribution < 1.29 is 19.1 Å². The lowest BCUT2D eigenvalue weighted by molar-refractivity contribution is -0.155. The van der Waals surface area contributed by atoms with E-state index in [1.807, 2.05) is 20.8 Å². The number of hydrogen-bond acceptors (Lipinski definition) is 4. The zero-order valence-corrected chi connectivity index (χ0v) is 13.3. The molecule has 0 aromatic rings. The SMILES string of the molecule is CCC1C(=O)NC(C(C)C)C(=O)N1CC1(OC)CCOC1. The molecule has 0 saturated carbocycles. The van der Waals surface area contributed by atoms with Gasteiger partial charge in [0, 0.05) is 20.1 Å². The largest absolute Gasteiger partial charge is 0.378 e. The fourth-order valence-corrected chi connectivity index (χ4v) is 3.08. The van der Waals surface area contributed by atoms with E-state index < -0.39 is 17.7 Å². The fraction of sp³-hybridized carbons (Fsp3) is 0.867. The van der Waals surface area contributed by atoms with E-state index >= 15 is 0 Å². The first-order chi connectivity index (χ1) is 9.94. The van der Waals surface area contributed by atoms with Crippen LogP contribution in [0.15, 0.2) is 0 Å². The highest BCUT2D eigenvalue weighted by Gasteiger charge is 2.46. The summed E-state index contributed by atoms with van der Waals surface area (Å²) < 4.78 is 11.1. The van der Waals surface area contributed by atoms with Crippen molar-refractivity contribution in [2.24, 2.45) is 5.92 Å². The molecule has 6 nitrogen and oxygen atoms in total. The highest BCUT2D eigenvalue weighted by Crippen LogP contribution is 2.27. The Hall–Kier alpha value is -1.14. The molecule has 2 fully saturated rings. The first-order valence-electron chi connectivity index (χ1n) is 7.68. The van der Waals surface area contributed by atoms with Crippen molar-refractivity contribution in [1.29, 1.82) is 0 Å². The lowest BCUT2D eigenvalue weighted by Crippen LogP contribution is -2.67. The van der Waals surface area contributed by atoms with Crippen molar-refractivity contribution in [3.05, 3.63) is 0 Å². The van der Waals surface area contributed by atoms with E-state index in [4.69, 9.17) is 9.47 Å². The van der Waals surface area contributed by atoms with Gasteiger partial charge in [-0.25, -0.2) is 0 Å². The number of hydrogen-bond donors (Lipinski definition) is 1. The number of piperazine rings is 1. The van der Waals surface area contributed by atoms with Gasteiger partial charge in [0.25, 0.3) is 0 Å². The summed E-state index contributed by atoms with van der Waals surface area (Å²) in [6.45, 7) is 7.32. The van der Waals surface area contributed by atoms with E-state index in [9.17, 15) is 9.59 Å². The Morgan fingerprint density at radius 2 is 2.19 bits per heavy atom. The maximum atomic E-state index is 12.7. The van der Waals surface area contributed by atoms with Gasteiger partial charge in [-0.2, -0.15) is 0 Å². The van der Waals surface area contributed by atoms with E-state index in [-0.39, 0.29) is 17.7 Å². The lowest BCUT2D eigenvalue weighted by Gasteiger charge is -2.43. The van der Waals surface area contributed by atoms with Crippen LogP contribution < -0.4 is 5.32 Å². The smallest absolute Gasteiger partial charge is 0.246 e. The number of methoxy groups -OCH3 is 1. The number of carbonyl (C=O) groups excluding carboxylic acids is 2. The Bertz CT molecular complexity index is 404. The molecule has 0 spiro atoms. The van der Waals surface area contributed by atoms with Gasteiger partial charge in [0.2, 0.25) is 11.8 Å². The van der Waals surface area contributed by atoms with Crippen LogP contribution in [-0.2, 0) is 19.1 Å². The van der Waals surface area contributed by atoms with E-state index in [2.05, 4.69) is 5.32 Å². The van der Waals surface area contributed by atoms with Gasteiger partial charge in [-0.05, 0) is 12.3 Å². The van der Waals surface area contributed by atoms with Crippen molar-refractivity contribution in [2.75, 3.05) is 26.9 Å². The highest BCUT2D eigenvalue weighted by atomic mass is 16.5. The monoisotopic (exact) mass is 298 g/mol. The van der Waals surface area contributed by atoms with Crippen molar-refractivity contribution >= 4 is 11.8 Å². The third-order valence-electron chi connectivity index (χ3n) is 4.54. The van der Waals surface area contributed by atoms with Gasteiger partial charge in [0.1, 0.15) is 17.7 Å². The van der Waals surface area contributed by atoms with Crippen molar-refractivity contribution in [1.82, 2.24) is 10.2 Å². The van der Waals surface area contributed by atoms with E-state index in [1.165, 1.54) is 0 Å². The van der Waals surface area contributed by atoms with Crippen LogP contribution in [0.5, 0.6) is 0 Å². The molecule has 0 aliphatic carbocycles. The second-order valence-corrected chi connectivity index (χ2v) is 6.31. The average molecular weight is 298 g/mol. The molecule has 120 valence electrons. The third kappa shape index (κ3) is 3.06. The van der Waals surface area contributed by atoms with Crippen LogP contribution in [0.4, 0.5) is 0 Å². The fourth-order valence-electron chi connectivity index (χ4n) is 3.08. The van der Waals surface area contributed by atoms with Crippen molar-refractivity contribution in [3.8, 4) is 0 Å². The minimum atomic E-state index is -0.484. The Morgan fingerprint density at radius 1 is 1.48 bits per heavy atom. The van der Waals surface area contributed by atoms with Crippen LogP contribution in [0.25, 0.3) is 0 Å². The molecule has 1 N–H and O–H groups in total. The summed E-state index contributed by atoms with van der Waals surface area (Å²) in [6.07, 6.45) is 1.35. The molecule has 2 aliphatic heterocycles. The quantitative estimate of drug-likeness (QED) is 0.805. The van der Waals surface area contributed by atoms with Crippen LogP contribution in [0.2, 0.25) is 0 Å². The predicted octanol–water partition coefficient (Wildman–Crippen LogP) is 0.554. The number of amides is 2. The molecule has 0 aromatic carbocycles. The number of carbonyl (C=O) groups is 2. The summed E-state index contributed by atoms with van der Waals surface area (Å²) in [5.74, 6) is -0.0131. The van der Waals surface area contributed by atoms with Gasteiger partial charge >= 0.3 is 0 Å². The van der Waals surface area contributed by atoms with Crippen LogP contribution in [0, 0.1) is 5.92 Å². The maximum Gasteiger partial charge on any atom is 0.246 e. The molecule has 6 heteroatoms. The predicted molar refractivity (Wildman–Crippen MR) is 77.7 cm³/mol. The molecule has 21 heavy (non-hydrogen) atoms. The molecule has 2 aliphatic rings. The molecule has 0 radical (unpaired) electrons. The van der Waals surface area contributed by atoms with Gasteiger partial charge in [0.15, 0.2) is 0 Å². The minimum Gasteiger partial charge on any atom is -0.378 e. The summed E-state index contributed by atoms with van der Waals surface area (Å²) in [4.78, 5) is 26.7. The zero-order chi connectivity index (χ0) is 15.6. The summed E-state index contributed by atoms with van der Waals surface area (Å²) in [5, 5.41) is 2.85. The minimum absolute atomic E-state index is 0.0141. The summed E-state index contributed by atoms with van der Waals surface area (Å²) in [7, 11) is 1.64. The van der Waals surface area contributed by atoms with E-state index in [0.29, 0.717) is 26.2 Å². The molecular weight excluding hydrogens is 272 g/mol. The van der Waals surface area contributed by atoms with Gasteiger partial charge in [0.05, 0.1) is 13.2 Å². The van der Waals surface area contributed by atoms with Gasteiger partial charge in [-0.3, -0.25) is 9.59 Å². The van der Waals surface area contributed by atoms with Gasteiger partial charge < -0.3 is 19.7 Å². The Labute approximate surface area is 126 Å². The summed E-state index contributed by atoms with van der Waals surface area (Å²) in [6, 6.07) is -0.864. The third-order valence-corrected chi connectivity index (χ3v) is 4.54.